The van der Waals surface area contributed by atoms with Crippen LogP contribution in [0.5, 0.6) is 0 Å². The van der Waals surface area contributed by atoms with Gasteiger partial charge in [-0.2, -0.15) is 8.42 Å². The summed E-state index contributed by atoms with van der Waals surface area (Å²) in [6.07, 6.45) is 6.66. The van der Waals surface area contributed by atoms with Gasteiger partial charge < -0.3 is 0 Å². The lowest BCUT2D eigenvalue weighted by molar-refractivity contribution is 0.313. The Morgan fingerprint density at radius 2 is 1.83 bits per heavy atom. The summed E-state index contributed by atoms with van der Waals surface area (Å²) in [6.45, 7) is 4.20. The average Bonchev–Trinajstić information content (AvgIpc) is 2.34. The molecule has 3 nitrogen and oxygen atoms in total. The molecule has 0 aromatic heterocycles. The first-order valence-electron chi connectivity index (χ1n) is 6.17. The van der Waals surface area contributed by atoms with Crippen LogP contribution < -0.4 is 0 Å². The molecule has 0 saturated carbocycles. The topological polar surface area (TPSA) is 43.4 Å². The molecular formula is C14H20O3S. The fourth-order valence-corrected chi connectivity index (χ4v) is 2.37. The maximum atomic E-state index is 11.8. The van der Waals surface area contributed by atoms with Crippen LogP contribution in [0, 0.1) is 6.92 Å². The largest absolute Gasteiger partial charge is 0.296 e. The lowest BCUT2D eigenvalue weighted by atomic mass is 10.2. The molecule has 0 spiro atoms. The summed E-state index contributed by atoms with van der Waals surface area (Å²) < 4.78 is 28.6. The zero-order valence-electron chi connectivity index (χ0n) is 10.9. The maximum absolute atomic E-state index is 11.8. The SMILES string of the molecule is CCC=CCCCOS(=O)(=O)c1ccc(C)cc1. The van der Waals surface area contributed by atoms with E-state index in [-0.39, 0.29) is 11.5 Å². The summed E-state index contributed by atoms with van der Waals surface area (Å²) in [6, 6.07) is 6.67. The van der Waals surface area contributed by atoms with Gasteiger partial charge in [-0.25, -0.2) is 0 Å². The van der Waals surface area contributed by atoms with E-state index in [1.807, 2.05) is 13.0 Å². The second kappa shape index (κ2) is 7.34. The molecule has 0 heterocycles. The van der Waals surface area contributed by atoms with Crippen molar-refractivity contribution in [1.82, 2.24) is 0 Å². The van der Waals surface area contributed by atoms with Crippen LogP contribution in [0.25, 0.3) is 0 Å². The minimum absolute atomic E-state index is 0.220. The Hall–Kier alpha value is -1.13. The molecule has 0 aliphatic carbocycles. The first-order chi connectivity index (χ1) is 8.56. The van der Waals surface area contributed by atoms with Crippen LogP contribution in [0.15, 0.2) is 41.3 Å². The molecule has 1 rings (SSSR count). The number of hydrogen-bond acceptors (Lipinski definition) is 3. The minimum atomic E-state index is -3.59. The Balaban J connectivity index is 2.45. The Labute approximate surface area is 110 Å². The summed E-state index contributed by atoms with van der Waals surface area (Å²) >= 11 is 0. The highest BCUT2D eigenvalue weighted by atomic mass is 32.2. The van der Waals surface area contributed by atoms with Crippen LogP contribution in [0.2, 0.25) is 0 Å². The molecule has 1 aromatic carbocycles. The molecule has 0 aliphatic rings. The number of rotatable bonds is 7. The third kappa shape index (κ3) is 5.02. The Kier molecular flexibility index (Phi) is 6.09. The van der Waals surface area contributed by atoms with Crippen LogP contribution in [-0.4, -0.2) is 15.0 Å². The molecule has 18 heavy (non-hydrogen) atoms. The molecule has 1 aromatic rings. The van der Waals surface area contributed by atoms with Crippen LogP contribution in [0.4, 0.5) is 0 Å². The third-order valence-corrected chi connectivity index (χ3v) is 3.79. The zero-order chi connectivity index (χ0) is 13.4. The van der Waals surface area contributed by atoms with Gasteiger partial charge in [-0.3, -0.25) is 4.18 Å². The van der Waals surface area contributed by atoms with E-state index in [4.69, 9.17) is 4.18 Å². The molecule has 0 amide bonds. The second-order valence-corrected chi connectivity index (χ2v) is 5.73. The van der Waals surface area contributed by atoms with E-state index in [2.05, 4.69) is 13.0 Å². The predicted octanol–water partition coefficient (Wildman–Crippen LogP) is 3.45. The number of aryl methyl sites for hydroxylation is 1. The Morgan fingerprint density at radius 1 is 1.17 bits per heavy atom. The van der Waals surface area contributed by atoms with Gasteiger partial charge in [0.05, 0.1) is 11.5 Å². The summed E-state index contributed by atoms with van der Waals surface area (Å²) in [5.74, 6) is 0. The smallest absolute Gasteiger partial charge is 0.266 e. The standard InChI is InChI=1S/C14H20O3S/c1-3-4-5-6-7-12-17-18(15,16)14-10-8-13(2)9-11-14/h4-5,8-11H,3,6-7,12H2,1-2H3. The van der Waals surface area contributed by atoms with Crippen molar-refractivity contribution in [3.8, 4) is 0 Å². The van der Waals surface area contributed by atoms with Gasteiger partial charge in [-0.15, -0.1) is 0 Å². The lowest BCUT2D eigenvalue weighted by Gasteiger charge is -2.05. The number of unbranched alkanes of at least 4 members (excludes halogenated alkanes) is 1. The monoisotopic (exact) mass is 268 g/mol. The van der Waals surface area contributed by atoms with Gasteiger partial charge in [0.2, 0.25) is 0 Å². The van der Waals surface area contributed by atoms with Crippen LogP contribution in [0.1, 0.15) is 31.7 Å². The fourth-order valence-electron chi connectivity index (χ4n) is 1.43. The Morgan fingerprint density at radius 3 is 2.44 bits per heavy atom. The van der Waals surface area contributed by atoms with E-state index in [9.17, 15) is 8.42 Å². The van der Waals surface area contributed by atoms with Crippen molar-refractivity contribution in [2.24, 2.45) is 0 Å². The molecular weight excluding hydrogens is 248 g/mol. The van der Waals surface area contributed by atoms with E-state index in [0.717, 1.165) is 18.4 Å². The highest BCUT2D eigenvalue weighted by Gasteiger charge is 2.13. The maximum Gasteiger partial charge on any atom is 0.296 e. The highest BCUT2D eigenvalue weighted by molar-refractivity contribution is 7.86. The quantitative estimate of drug-likeness (QED) is 0.432. The van der Waals surface area contributed by atoms with Crippen molar-refractivity contribution in [3.05, 3.63) is 42.0 Å². The van der Waals surface area contributed by atoms with E-state index in [1.54, 1.807) is 24.3 Å². The molecule has 0 radical (unpaired) electrons. The minimum Gasteiger partial charge on any atom is -0.266 e. The van der Waals surface area contributed by atoms with Gasteiger partial charge in [0.15, 0.2) is 0 Å². The van der Waals surface area contributed by atoms with Crippen molar-refractivity contribution >= 4 is 10.1 Å². The molecule has 0 bridgehead atoms. The lowest BCUT2D eigenvalue weighted by Crippen LogP contribution is -2.07. The number of hydrogen-bond donors (Lipinski definition) is 0. The first kappa shape index (κ1) is 14.9. The van der Waals surface area contributed by atoms with Crippen LogP contribution in [-0.2, 0) is 14.3 Å². The summed E-state index contributed by atoms with van der Waals surface area (Å²) in [5, 5.41) is 0. The third-order valence-electron chi connectivity index (χ3n) is 2.47. The van der Waals surface area contributed by atoms with Crippen molar-refractivity contribution in [2.75, 3.05) is 6.61 Å². The van der Waals surface area contributed by atoms with E-state index < -0.39 is 10.1 Å². The molecule has 0 saturated heterocycles. The first-order valence-corrected chi connectivity index (χ1v) is 7.58. The van der Waals surface area contributed by atoms with Gasteiger partial charge in [0, 0.05) is 0 Å². The molecule has 0 unspecified atom stereocenters. The summed E-state index contributed by atoms with van der Waals surface area (Å²) in [5.41, 5.74) is 1.03. The zero-order valence-corrected chi connectivity index (χ0v) is 11.7. The van der Waals surface area contributed by atoms with Crippen molar-refractivity contribution < 1.29 is 12.6 Å². The fraction of sp³-hybridized carbons (Fsp3) is 0.429. The number of benzene rings is 1. The highest BCUT2D eigenvalue weighted by Crippen LogP contribution is 2.13. The second-order valence-electron chi connectivity index (χ2n) is 4.11. The molecule has 4 heteroatoms. The predicted molar refractivity (Wildman–Crippen MR) is 73.0 cm³/mol. The molecule has 0 fully saturated rings. The normalized spacial score (nSPS) is 12.1. The van der Waals surface area contributed by atoms with Crippen molar-refractivity contribution in [3.63, 3.8) is 0 Å². The van der Waals surface area contributed by atoms with Gasteiger partial charge in [-0.1, -0.05) is 36.8 Å². The van der Waals surface area contributed by atoms with E-state index in [1.165, 1.54) is 0 Å². The number of allylic oxidation sites excluding steroid dienone is 2. The van der Waals surface area contributed by atoms with Crippen LogP contribution in [0.3, 0.4) is 0 Å². The Bertz CT molecular complexity index is 472. The van der Waals surface area contributed by atoms with E-state index in [0.29, 0.717) is 6.42 Å². The summed E-state index contributed by atoms with van der Waals surface area (Å²) in [7, 11) is -3.59. The molecule has 0 atom stereocenters. The van der Waals surface area contributed by atoms with Gasteiger partial charge in [0.25, 0.3) is 10.1 Å². The van der Waals surface area contributed by atoms with Crippen molar-refractivity contribution in [2.45, 2.75) is 38.0 Å². The van der Waals surface area contributed by atoms with Crippen LogP contribution >= 0.6 is 0 Å². The van der Waals surface area contributed by atoms with E-state index >= 15 is 0 Å². The van der Waals surface area contributed by atoms with Gasteiger partial charge in [0.1, 0.15) is 0 Å². The molecule has 100 valence electrons. The summed E-state index contributed by atoms with van der Waals surface area (Å²) in [4.78, 5) is 0.220. The molecule has 0 N–H and O–H groups in total. The van der Waals surface area contributed by atoms with Gasteiger partial charge in [-0.05, 0) is 38.3 Å². The van der Waals surface area contributed by atoms with Crippen molar-refractivity contribution in [1.29, 1.82) is 0 Å². The molecule has 0 aliphatic heterocycles. The van der Waals surface area contributed by atoms with Gasteiger partial charge >= 0.3 is 0 Å². The average molecular weight is 268 g/mol.